The van der Waals surface area contributed by atoms with Gasteiger partial charge in [-0.05, 0) is 48.2 Å². The molecule has 0 aliphatic heterocycles. The van der Waals surface area contributed by atoms with Crippen molar-refractivity contribution in [3.05, 3.63) is 90.9 Å². The van der Waals surface area contributed by atoms with Gasteiger partial charge in [0.1, 0.15) is 0 Å². The molecule has 3 rings (SSSR count). The van der Waals surface area contributed by atoms with Crippen LogP contribution in [0.4, 0.5) is 0 Å². The number of halogens is 4. The highest BCUT2D eigenvalue weighted by Crippen LogP contribution is 2.34. The van der Waals surface area contributed by atoms with E-state index in [2.05, 4.69) is 0 Å². The minimum absolute atomic E-state index is 0.0210. The van der Waals surface area contributed by atoms with Gasteiger partial charge in [-0.15, -0.1) is 0 Å². The van der Waals surface area contributed by atoms with E-state index in [0.717, 1.165) is 11.1 Å². The van der Waals surface area contributed by atoms with Crippen molar-refractivity contribution in [3.8, 4) is 11.5 Å². The van der Waals surface area contributed by atoms with Gasteiger partial charge in [0.05, 0.1) is 44.4 Å². The van der Waals surface area contributed by atoms with Gasteiger partial charge < -0.3 is 19.7 Å². The van der Waals surface area contributed by atoms with Crippen LogP contribution in [0.2, 0.25) is 20.1 Å². The molecule has 0 unspecified atom stereocenters. The molecular formula is C30H30Cl4O6. The van der Waals surface area contributed by atoms with Gasteiger partial charge in [-0.2, -0.15) is 0 Å². The molecule has 0 saturated carbocycles. The normalized spacial score (nSPS) is 11.8. The van der Waals surface area contributed by atoms with Crippen LogP contribution in [0.1, 0.15) is 59.5 Å². The number of aromatic hydroxyl groups is 2. The van der Waals surface area contributed by atoms with E-state index in [0.29, 0.717) is 12.8 Å². The van der Waals surface area contributed by atoms with E-state index in [1.54, 1.807) is 0 Å². The maximum atomic E-state index is 12.5. The molecule has 3 aromatic carbocycles. The van der Waals surface area contributed by atoms with Crippen molar-refractivity contribution in [1.82, 2.24) is 0 Å². The highest BCUT2D eigenvalue weighted by atomic mass is 35.5. The van der Waals surface area contributed by atoms with Crippen LogP contribution < -0.4 is 0 Å². The topological polar surface area (TPSA) is 93.1 Å². The van der Waals surface area contributed by atoms with Crippen LogP contribution in [0.3, 0.4) is 0 Å². The Labute approximate surface area is 253 Å². The molecule has 0 aromatic heterocycles. The lowest BCUT2D eigenvalue weighted by Crippen LogP contribution is -2.25. The molecule has 0 heterocycles. The fourth-order valence-electron chi connectivity index (χ4n) is 4.04. The molecule has 0 radical (unpaired) electrons. The number of carbonyl (C=O) groups is 2. The van der Waals surface area contributed by atoms with Crippen molar-refractivity contribution >= 4 is 58.3 Å². The van der Waals surface area contributed by atoms with Crippen LogP contribution in [-0.2, 0) is 22.3 Å². The summed E-state index contributed by atoms with van der Waals surface area (Å²) in [7, 11) is 0. The first-order chi connectivity index (χ1) is 18.6. The Bertz CT molecular complexity index is 1250. The number of phenols is 2. The second-order valence-electron chi connectivity index (χ2n) is 11.2. The maximum Gasteiger partial charge on any atom is 0.338 e. The SMILES string of the molecule is CC(C)(COC(=O)c1cc(Cl)c(O)c(Cl)c1)Cc1ccc(CC(C)(C)COC(=O)c2cc(Cl)c(O)c(Cl)c2)cc1. The zero-order valence-electron chi connectivity index (χ0n) is 22.5. The summed E-state index contributed by atoms with van der Waals surface area (Å²) in [5.74, 6) is -1.71. The van der Waals surface area contributed by atoms with E-state index in [1.165, 1.54) is 24.3 Å². The zero-order chi connectivity index (χ0) is 29.8. The lowest BCUT2D eigenvalue weighted by atomic mass is 9.84. The standard InChI is InChI=1S/C30H30Cl4O6/c1-29(2,15-39-27(37)19-9-21(31)25(35)22(32)10-19)13-17-5-7-18(8-6-17)14-30(3,4)16-40-28(38)20-11-23(33)26(36)24(34)12-20/h5-12,35-36H,13-16H2,1-4H3. The molecule has 40 heavy (non-hydrogen) atoms. The Hall–Kier alpha value is -2.64. The van der Waals surface area contributed by atoms with Crippen LogP contribution in [0.25, 0.3) is 0 Å². The van der Waals surface area contributed by atoms with Crippen LogP contribution in [0, 0.1) is 10.8 Å². The van der Waals surface area contributed by atoms with Crippen molar-refractivity contribution in [1.29, 1.82) is 0 Å². The highest BCUT2D eigenvalue weighted by Gasteiger charge is 2.25. The number of benzene rings is 3. The molecule has 214 valence electrons. The molecule has 6 nitrogen and oxygen atoms in total. The van der Waals surface area contributed by atoms with Gasteiger partial charge in [0.25, 0.3) is 0 Å². The van der Waals surface area contributed by atoms with Gasteiger partial charge in [-0.25, -0.2) is 9.59 Å². The number of carbonyl (C=O) groups excluding carboxylic acids is 2. The molecule has 10 heteroatoms. The van der Waals surface area contributed by atoms with Crippen LogP contribution in [0.5, 0.6) is 11.5 Å². The molecule has 0 aliphatic rings. The third kappa shape index (κ3) is 8.68. The average Bonchev–Trinajstić information content (AvgIpc) is 2.88. The first-order valence-corrected chi connectivity index (χ1v) is 13.9. The lowest BCUT2D eigenvalue weighted by Gasteiger charge is -2.26. The average molecular weight is 628 g/mol. The third-order valence-corrected chi connectivity index (χ3v) is 7.23. The van der Waals surface area contributed by atoms with E-state index in [1.807, 2.05) is 52.0 Å². The summed E-state index contributed by atoms with van der Waals surface area (Å²) >= 11 is 23.6. The van der Waals surface area contributed by atoms with Crippen LogP contribution in [0.15, 0.2) is 48.5 Å². The molecule has 0 fully saturated rings. The van der Waals surface area contributed by atoms with Crippen molar-refractivity contribution in [2.24, 2.45) is 10.8 Å². The predicted octanol–water partition coefficient (Wildman–Crippen LogP) is 8.56. The van der Waals surface area contributed by atoms with E-state index >= 15 is 0 Å². The van der Waals surface area contributed by atoms with Crippen molar-refractivity contribution < 1.29 is 29.3 Å². The second-order valence-corrected chi connectivity index (χ2v) is 12.9. The number of rotatable bonds is 10. The molecule has 3 aromatic rings. The van der Waals surface area contributed by atoms with Crippen molar-refractivity contribution in [2.75, 3.05) is 13.2 Å². The summed E-state index contributed by atoms with van der Waals surface area (Å²) in [5, 5.41) is 19.3. The lowest BCUT2D eigenvalue weighted by molar-refractivity contribution is 0.0334. The smallest absolute Gasteiger partial charge is 0.338 e. The fraction of sp³-hybridized carbons (Fsp3) is 0.333. The van der Waals surface area contributed by atoms with E-state index in [-0.39, 0.29) is 66.8 Å². The summed E-state index contributed by atoms with van der Waals surface area (Å²) in [6, 6.07) is 13.4. The summed E-state index contributed by atoms with van der Waals surface area (Å²) in [6.07, 6.45) is 1.33. The minimum atomic E-state index is -0.577. The Kier molecular flexibility index (Phi) is 10.3. The maximum absolute atomic E-state index is 12.5. The van der Waals surface area contributed by atoms with Crippen molar-refractivity contribution in [3.63, 3.8) is 0 Å². The minimum Gasteiger partial charge on any atom is -0.505 e. The van der Waals surface area contributed by atoms with Gasteiger partial charge >= 0.3 is 11.9 Å². The highest BCUT2D eigenvalue weighted by molar-refractivity contribution is 6.38. The molecule has 0 aliphatic carbocycles. The Morgan fingerprint density at radius 2 is 0.900 bits per heavy atom. The Morgan fingerprint density at radius 1 is 0.625 bits per heavy atom. The molecular weight excluding hydrogens is 598 g/mol. The van der Waals surface area contributed by atoms with Gasteiger partial charge in [-0.3, -0.25) is 0 Å². The zero-order valence-corrected chi connectivity index (χ0v) is 25.5. The first-order valence-electron chi connectivity index (χ1n) is 12.3. The summed E-state index contributed by atoms with van der Waals surface area (Å²) < 4.78 is 11.0. The molecule has 0 spiro atoms. The van der Waals surface area contributed by atoms with Gasteiger partial charge in [0.2, 0.25) is 0 Å². The van der Waals surface area contributed by atoms with Gasteiger partial charge in [0, 0.05) is 10.8 Å². The number of hydrogen-bond acceptors (Lipinski definition) is 6. The second kappa shape index (κ2) is 12.9. The quantitative estimate of drug-likeness (QED) is 0.219. The molecule has 0 atom stereocenters. The number of ether oxygens (including phenoxy) is 2. The molecule has 0 saturated heterocycles. The van der Waals surface area contributed by atoms with Gasteiger partial charge in [0.15, 0.2) is 11.5 Å². The monoisotopic (exact) mass is 626 g/mol. The van der Waals surface area contributed by atoms with Crippen molar-refractivity contribution in [2.45, 2.75) is 40.5 Å². The number of phenolic OH excluding ortho intramolecular Hbond substituents is 2. The molecule has 0 bridgehead atoms. The summed E-state index contributed by atoms with van der Waals surface area (Å²) in [6.45, 7) is 8.32. The fourth-order valence-corrected chi connectivity index (χ4v) is 5.01. The van der Waals surface area contributed by atoms with E-state index in [4.69, 9.17) is 55.9 Å². The van der Waals surface area contributed by atoms with Crippen LogP contribution in [-0.4, -0.2) is 35.4 Å². The molecule has 0 amide bonds. The third-order valence-electron chi connectivity index (χ3n) is 6.08. The van der Waals surface area contributed by atoms with Crippen LogP contribution >= 0.6 is 46.4 Å². The summed E-state index contributed by atoms with van der Waals surface area (Å²) in [4.78, 5) is 25.0. The van der Waals surface area contributed by atoms with E-state index in [9.17, 15) is 19.8 Å². The Balaban J connectivity index is 1.53. The number of esters is 2. The largest absolute Gasteiger partial charge is 0.505 e. The van der Waals surface area contributed by atoms with E-state index < -0.39 is 11.9 Å². The predicted molar refractivity (Wildman–Crippen MR) is 158 cm³/mol. The Morgan fingerprint density at radius 3 is 1.18 bits per heavy atom. The van der Waals surface area contributed by atoms with Gasteiger partial charge in [-0.1, -0.05) is 98.4 Å². The summed E-state index contributed by atoms with van der Waals surface area (Å²) in [5.41, 5.74) is 1.77. The number of hydrogen-bond donors (Lipinski definition) is 2. The molecule has 2 N–H and O–H groups in total. The first kappa shape index (κ1) is 31.9.